The van der Waals surface area contributed by atoms with Crippen LogP contribution in [-0.4, -0.2) is 54.2 Å². The third-order valence-corrected chi connectivity index (χ3v) is 3.96. The molecule has 1 unspecified atom stereocenters. The lowest BCUT2D eigenvalue weighted by Crippen LogP contribution is -2.39. The fraction of sp³-hybridized carbons (Fsp3) is 0.500. The van der Waals surface area contributed by atoms with Gasteiger partial charge in [-0.3, -0.25) is 14.4 Å². The van der Waals surface area contributed by atoms with E-state index in [4.69, 9.17) is 0 Å². The Labute approximate surface area is 142 Å². The van der Waals surface area contributed by atoms with E-state index >= 15 is 0 Å². The molecule has 24 heavy (non-hydrogen) atoms. The van der Waals surface area contributed by atoms with E-state index in [0.29, 0.717) is 24.7 Å². The topological polar surface area (TPSA) is 69.7 Å². The fourth-order valence-electron chi connectivity index (χ4n) is 2.88. The maximum atomic E-state index is 12.5. The van der Waals surface area contributed by atoms with Crippen molar-refractivity contribution >= 4 is 23.4 Å². The van der Waals surface area contributed by atoms with Crippen molar-refractivity contribution < 1.29 is 14.4 Å². The van der Waals surface area contributed by atoms with Gasteiger partial charge in [0.15, 0.2) is 0 Å². The van der Waals surface area contributed by atoms with E-state index in [0.717, 1.165) is 0 Å². The normalized spacial score (nSPS) is 17.2. The molecule has 1 aromatic carbocycles. The molecule has 1 saturated heterocycles. The Morgan fingerprint density at radius 1 is 1.29 bits per heavy atom. The predicted molar refractivity (Wildman–Crippen MR) is 92.2 cm³/mol. The number of benzene rings is 1. The minimum Gasteiger partial charge on any atom is -0.342 e. The molecule has 1 aromatic rings. The van der Waals surface area contributed by atoms with Crippen LogP contribution in [0.15, 0.2) is 30.3 Å². The van der Waals surface area contributed by atoms with Gasteiger partial charge in [-0.1, -0.05) is 32.0 Å². The number of nitrogens with zero attached hydrogens (tertiary/aromatic N) is 2. The smallest absolute Gasteiger partial charge is 0.243 e. The quantitative estimate of drug-likeness (QED) is 0.860. The number of para-hydroxylation sites is 1. The van der Waals surface area contributed by atoms with Gasteiger partial charge in [0, 0.05) is 32.2 Å². The minimum absolute atomic E-state index is 0.0178. The summed E-state index contributed by atoms with van der Waals surface area (Å²) in [6.07, 6.45) is 0.232. The first-order valence-corrected chi connectivity index (χ1v) is 8.24. The molecule has 2 rings (SSSR count). The van der Waals surface area contributed by atoms with E-state index in [2.05, 4.69) is 5.32 Å². The first-order chi connectivity index (χ1) is 11.4. The first kappa shape index (κ1) is 18.0. The van der Waals surface area contributed by atoms with Crippen molar-refractivity contribution in [2.24, 2.45) is 11.8 Å². The number of anilines is 1. The van der Waals surface area contributed by atoms with Gasteiger partial charge in [0.05, 0.1) is 12.5 Å². The molecule has 0 aliphatic carbocycles. The van der Waals surface area contributed by atoms with Crippen molar-refractivity contribution in [1.29, 1.82) is 0 Å². The number of hydrogen-bond acceptors (Lipinski definition) is 3. The van der Waals surface area contributed by atoms with E-state index in [1.165, 1.54) is 4.90 Å². The molecule has 0 bridgehead atoms. The Kier molecular flexibility index (Phi) is 5.95. The predicted octanol–water partition coefficient (Wildman–Crippen LogP) is 1.59. The van der Waals surface area contributed by atoms with Crippen LogP contribution in [0.25, 0.3) is 0 Å². The van der Waals surface area contributed by atoms with E-state index in [9.17, 15) is 14.4 Å². The van der Waals surface area contributed by atoms with E-state index < -0.39 is 0 Å². The van der Waals surface area contributed by atoms with Crippen LogP contribution in [0.1, 0.15) is 20.3 Å². The van der Waals surface area contributed by atoms with E-state index in [1.54, 1.807) is 24.1 Å². The Bertz CT molecular complexity index is 601. The first-order valence-electron chi connectivity index (χ1n) is 8.24. The molecule has 130 valence electrons. The van der Waals surface area contributed by atoms with E-state index in [-0.39, 0.29) is 36.6 Å². The highest BCUT2D eigenvalue weighted by molar-refractivity contribution is 5.96. The van der Waals surface area contributed by atoms with Gasteiger partial charge in [-0.05, 0) is 18.1 Å². The maximum absolute atomic E-state index is 12.5. The lowest BCUT2D eigenvalue weighted by Gasteiger charge is -2.22. The zero-order valence-corrected chi connectivity index (χ0v) is 14.5. The van der Waals surface area contributed by atoms with Gasteiger partial charge in [-0.2, -0.15) is 0 Å². The summed E-state index contributed by atoms with van der Waals surface area (Å²) < 4.78 is 0. The molecule has 1 fully saturated rings. The summed E-state index contributed by atoms with van der Waals surface area (Å²) in [7, 11) is 1.60. The minimum atomic E-state index is -0.356. The van der Waals surface area contributed by atoms with Crippen LogP contribution in [0.2, 0.25) is 0 Å². The van der Waals surface area contributed by atoms with Gasteiger partial charge in [-0.25, -0.2) is 0 Å². The highest BCUT2D eigenvalue weighted by Gasteiger charge is 2.36. The van der Waals surface area contributed by atoms with Gasteiger partial charge in [0.25, 0.3) is 0 Å². The summed E-state index contributed by atoms with van der Waals surface area (Å²) in [6.45, 7) is 5.18. The van der Waals surface area contributed by atoms with Crippen LogP contribution < -0.4 is 5.32 Å². The highest BCUT2D eigenvalue weighted by Crippen LogP contribution is 2.20. The van der Waals surface area contributed by atoms with Crippen molar-refractivity contribution in [2.75, 3.05) is 32.0 Å². The van der Waals surface area contributed by atoms with Crippen LogP contribution in [-0.2, 0) is 14.4 Å². The summed E-state index contributed by atoms with van der Waals surface area (Å²) in [6, 6.07) is 9.11. The van der Waals surface area contributed by atoms with Gasteiger partial charge in [0.1, 0.15) is 0 Å². The third kappa shape index (κ3) is 4.81. The second-order valence-corrected chi connectivity index (χ2v) is 6.70. The molecule has 0 saturated carbocycles. The molecule has 1 aliphatic rings. The number of carbonyl (C=O) groups excluding carboxylic acids is 3. The molecule has 0 spiro atoms. The Morgan fingerprint density at radius 2 is 1.96 bits per heavy atom. The van der Waals surface area contributed by atoms with Gasteiger partial charge in [-0.15, -0.1) is 0 Å². The summed E-state index contributed by atoms with van der Waals surface area (Å²) in [5.74, 6) is -0.370. The molecular formula is C18H25N3O3. The molecule has 1 N–H and O–H groups in total. The number of likely N-dealkylation sites (tertiary alicyclic amines) is 1. The number of nitrogens with one attached hydrogen (secondary N) is 1. The maximum Gasteiger partial charge on any atom is 0.243 e. The van der Waals surface area contributed by atoms with E-state index in [1.807, 2.05) is 32.0 Å². The summed E-state index contributed by atoms with van der Waals surface area (Å²) in [5.41, 5.74) is 0.697. The summed E-state index contributed by atoms with van der Waals surface area (Å²) in [4.78, 5) is 39.6. The van der Waals surface area contributed by atoms with Crippen LogP contribution in [0, 0.1) is 11.8 Å². The molecule has 3 amide bonds. The number of rotatable bonds is 6. The highest BCUT2D eigenvalue weighted by atomic mass is 16.2. The molecule has 0 radical (unpaired) electrons. The number of carbonyl (C=O) groups is 3. The van der Waals surface area contributed by atoms with Crippen molar-refractivity contribution in [3.8, 4) is 0 Å². The number of likely N-dealkylation sites (N-methyl/N-ethyl adjacent to an activating group) is 1. The number of hydrogen-bond donors (Lipinski definition) is 1. The Balaban J connectivity index is 1.86. The third-order valence-electron chi connectivity index (χ3n) is 3.96. The zero-order valence-electron chi connectivity index (χ0n) is 14.5. The monoisotopic (exact) mass is 331 g/mol. The Morgan fingerprint density at radius 3 is 2.58 bits per heavy atom. The average Bonchev–Trinajstić information content (AvgIpc) is 2.87. The molecular weight excluding hydrogens is 306 g/mol. The Hall–Kier alpha value is -2.37. The van der Waals surface area contributed by atoms with Crippen LogP contribution in [0.4, 0.5) is 5.69 Å². The van der Waals surface area contributed by atoms with Crippen LogP contribution in [0.3, 0.4) is 0 Å². The molecule has 0 aromatic heterocycles. The molecule has 1 aliphatic heterocycles. The van der Waals surface area contributed by atoms with Gasteiger partial charge < -0.3 is 15.1 Å². The molecule has 1 heterocycles. The lowest BCUT2D eigenvalue weighted by molar-refractivity contribution is -0.137. The van der Waals surface area contributed by atoms with Crippen molar-refractivity contribution in [3.63, 3.8) is 0 Å². The lowest BCUT2D eigenvalue weighted by atomic mass is 10.1. The average molecular weight is 331 g/mol. The van der Waals surface area contributed by atoms with Gasteiger partial charge in [0.2, 0.25) is 17.7 Å². The zero-order chi connectivity index (χ0) is 17.7. The molecule has 1 atom stereocenters. The van der Waals surface area contributed by atoms with Crippen molar-refractivity contribution in [2.45, 2.75) is 20.3 Å². The largest absolute Gasteiger partial charge is 0.342 e. The second kappa shape index (κ2) is 7.95. The SMILES string of the molecule is CC(C)CN1CC(C(=O)N(C)CC(=O)Nc2ccccc2)CC1=O. The van der Waals surface area contributed by atoms with Crippen LogP contribution in [0.5, 0.6) is 0 Å². The van der Waals surface area contributed by atoms with Crippen LogP contribution >= 0.6 is 0 Å². The van der Waals surface area contributed by atoms with Crippen molar-refractivity contribution in [1.82, 2.24) is 9.80 Å². The van der Waals surface area contributed by atoms with Crippen molar-refractivity contribution in [3.05, 3.63) is 30.3 Å². The summed E-state index contributed by atoms with van der Waals surface area (Å²) in [5, 5.41) is 2.75. The molecule has 6 nitrogen and oxygen atoms in total. The summed E-state index contributed by atoms with van der Waals surface area (Å²) >= 11 is 0. The number of amides is 3. The molecule has 6 heteroatoms. The second-order valence-electron chi connectivity index (χ2n) is 6.70. The van der Waals surface area contributed by atoms with Gasteiger partial charge >= 0.3 is 0 Å². The standard InChI is InChI=1S/C18H25N3O3/c1-13(2)10-21-11-14(9-17(21)23)18(24)20(3)12-16(22)19-15-7-5-4-6-8-15/h4-8,13-14H,9-12H2,1-3H3,(H,19,22). The fourth-order valence-corrected chi connectivity index (χ4v) is 2.88.